The van der Waals surface area contributed by atoms with Gasteiger partial charge in [0.25, 0.3) is 5.91 Å². The molecule has 2 aromatic rings. The van der Waals surface area contributed by atoms with E-state index in [0.717, 1.165) is 24.2 Å². The minimum atomic E-state index is -0.0761. The Bertz CT molecular complexity index is 677. The van der Waals surface area contributed by atoms with Crippen LogP contribution in [0.2, 0.25) is 0 Å². The van der Waals surface area contributed by atoms with Crippen molar-refractivity contribution >= 4 is 17.4 Å². The Morgan fingerprint density at radius 2 is 1.86 bits per heavy atom. The summed E-state index contributed by atoms with van der Waals surface area (Å²) in [6.45, 7) is 0. The van der Waals surface area contributed by atoms with Crippen LogP contribution in [0.5, 0.6) is 0 Å². The van der Waals surface area contributed by atoms with Crippen LogP contribution in [0.25, 0.3) is 0 Å². The fourth-order valence-electron chi connectivity index (χ4n) is 2.80. The van der Waals surface area contributed by atoms with Crippen molar-refractivity contribution in [3.8, 4) is 0 Å². The average molecular weight is 295 g/mol. The van der Waals surface area contributed by atoms with Crippen LogP contribution in [0.1, 0.15) is 34.3 Å². The molecule has 0 fully saturated rings. The Hall–Kier alpha value is -2.36. The van der Waals surface area contributed by atoms with Crippen LogP contribution < -0.4 is 10.2 Å². The number of benzene rings is 1. The summed E-state index contributed by atoms with van der Waals surface area (Å²) in [6.07, 6.45) is 6.37. The number of anilines is 2. The third-order valence-corrected chi connectivity index (χ3v) is 4.07. The van der Waals surface area contributed by atoms with Gasteiger partial charge < -0.3 is 10.2 Å². The van der Waals surface area contributed by atoms with Crippen LogP contribution >= 0.6 is 0 Å². The summed E-state index contributed by atoms with van der Waals surface area (Å²) in [5, 5.41) is 2.91. The fourth-order valence-corrected chi connectivity index (χ4v) is 2.80. The zero-order chi connectivity index (χ0) is 15.5. The predicted octanol–water partition coefficient (Wildman–Crippen LogP) is 3.28. The first-order valence-electron chi connectivity index (χ1n) is 7.70. The zero-order valence-corrected chi connectivity index (χ0v) is 13.1. The first kappa shape index (κ1) is 14.6. The van der Waals surface area contributed by atoms with Crippen LogP contribution in [0.4, 0.5) is 11.5 Å². The molecular formula is C18H21N3O. The third kappa shape index (κ3) is 3.11. The summed E-state index contributed by atoms with van der Waals surface area (Å²) < 4.78 is 0. The maximum absolute atomic E-state index is 12.4. The summed E-state index contributed by atoms with van der Waals surface area (Å²) in [5.74, 6) is 0.791. The second kappa shape index (κ2) is 6.18. The summed E-state index contributed by atoms with van der Waals surface area (Å²) in [7, 11) is 3.88. The van der Waals surface area contributed by atoms with Gasteiger partial charge in [0.1, 0.15) is 5.82 Å². The molecule has 4 nitrogen and oxygen atoms in total. The van der Waals surface area contributed by atoms with Gasteiger partial charge >= 0.3 is 0 Å². The number of hydrogen-bond donors (Lipinski definition) is 1. The van der Waals surface area contributed by atoms with Gasteiger partial charge in [0, 0.05) is 19.7 Å². The van der Waals surface area contributed by atoms with E-state index in [4.69, 9.17) is 0 Å². The SMILES string of the molecule is CN(C)c1ccc(NC(=O)c2ccc3c(c2)CCCC3)cn1. The van der Waals surface area contributed by atoms with Crippen LogP contribution in [-0.2, 0) is 12.8 Å². The van der Waals surface area contributed by atoms with Gasteiger partial charge in [0.15, 0.2) is 0 Å². The molecule has 0 aliphatic heterocycles. The van der Waals surface area contributed by atoms with Crippen molar-refractivity contribution < 1.29 is 4.79 Å². The Kier molecular flexibility index (Phi) is 4.09. The molecular weight excluding hydrogens is 274 g/mol. The Labute approximate surface area is 131 Å². The number of carbonyl (C=O) groups excluding carboxylic acids is 1. The molecule has 4 heteroatoms. The first-order valence-corrected chi connectivity index (χ1v) is 7.70. The standard InChI is InChI=1S/C18H21N3O/c1-21(2)17-10-9-16(12-19-17)20-18(22)15-8-7-13-5-3-4-6-14(13)11-15/h7-12H,3-6H2,1-2H3,(H,20,22). The molecule has 1 N–H and O–H groups in total. The summed E-state index contributed by atoms with van der Waals surface area (Å²) >= 11 is 0. The molecule has 0 saturated carbocycles. The Morgan fingerprint density at radius 1 is 1.09 bits per heavy atom. The third-order valence-electron chi connectivity index (χ3n) is 4.07. The molecule has 1 aromatic carbocycles. The largest absolute Gasteiger partial charge is 0.363 e. The number of pyridine rings is 1. The highest BCUT2D eigenvalue weighted by molar-refractivity contribution is 6.04. The lowest BCUT2D eigenvalue weighted by Gasteiger charge is -2.16. The maximum Gasteiger partial charge on any atom is 0.255 e. The number of amides is 1. The molecule has 1 aromatic heterocycles. The summed E-state index contributed by atoms with van der Waals surface area (Å²) in [5.41, 5.74) is 4.14. The molecule has 0 radical (unpaired) electrons. The summed E-state index contributed by atoms with van der Waals surface area (Å²) in [4.78, 5) is 18.6. The van der Waals surface area contributed by atoms with Crippen LogP contribution in [0.3, 0.4) is 0 Å². The van der Waals surface area contributed by atoms with E-state index in [9.17, 15) is 4.79 Å². The number of fused-ring (bicyclic) bond motifs is 1. The predicted molar refractivity (Wildman–Crippen MR) is 89.6 cm³/mol. The van der Waals surface area contributed by atoms with Gasteiger partial charge in [-0.1, -0.05) is 6.07 Å². The van der Waals surface area contributed by atoms with Gasteiger partial charge in [-0.2, -0.15) is 0 Å². The lowest BCUT2D eigenvalue weighted by atomic mass is 9.90. The van der Waals surface area contributed by atoms with Gasteiger partial charge in [-0.3, -0.25) is 4.79 Å². The van der Waals surface area contributed by atoms with E-state index in [1.165, 1.54) is 24.0 Å². The van der Waals surface area contributed by atoms with Crippen LogP contribution in [-0.4, -0.2) is 25.0 Å². The lowest BCUT2D eigenvalue weighted by molar-refractivity contribution is 0.102. The molecule has 0 spiro atoms. The second-order valence-corrected chi connectivity index (χ2v) is 5.94. The molecule has 1 aliphatic carbocycles. The molecule has 1 aliphatic rings. The van der Waals surface area contributed by atoms with Gasteiger partial charge in [-0.25, -0.2) is 4.98 Å². The molecule has 0 unspecified atom stereocenters. The molecule has 22 heavy (non-hydrogen) atoms. The minimum Gasteiger partial charge on any atom is -0.363 e. The Morgan fingerprint density at radius 3 is 2.55 bits per heavy atom. The number of carbonyl (C=O) groups is 1. The van der Waals surface area contributed by atoms with E-state index in [1.54, 1.807) is 6.20 Å². The van der Waals surface area contributed by atoms with Crippen molar-refractivity contribution in [2.24, 2.45) is 0 Å². The first-order chi connectivity index (χ1) is 10.6. The van der Waals surface area contributed by atoms with Crippen LogP contribution in [0.15, 0.2) is 36.5 Å². The zero-order valence-electron chi connectivity index (χ0n) is 13.1. The fraction of sp³-hybridized carbons (Fsp3) is 0.333. The molecule has 0 saturated heterocycles. The smallest absolute Gasteiger partial charge is 0.255 e. The monoisotopic (exact) mass is 295 g/mol. The normalized spacial score (nSPS) is 13.4. The van der Waals surface area contributed by atoms with E-state index in [-0.39, 0.29) is 5.91 Å². The van der Waals surface area contributed by atoms with E-state index in [2.05, 4.69) is 16.4 Å². The van der Waals surface area contributed by atoms with Crippen molar-refractivity contribution in [3.05, 3.63) is 53.2 Å². The minimum absolute atomic E-state index is 0.0761. The van der Waals surface area contributed by atoms with Crippen molar-refractivity contribution in [2.45, 2.75) is 25.7 Å². The molecule has 1 heterocycles. The van der Waals surface area contributed by atoms with Crippen molar-refractivity contribution in [2.75, 3.05) is 24.3 Å². The summed E-state index contributed by atoms with van der Waals surface area (Å²) in [6, 6.07) is 9.81. The molecule has 114 valence electrons. The van der Waals surface area contributed by atoms with E-state index in [0.29, 0.717) is 5.69 Å². The van der Waals surface area contributed by atoms with Gasteiger partial charge in [0.05, 0.1) is 11.9 Å². The van der Waals surface area contributed by atoms with Gasteiger partial charge in [0.2, 0.25) is 0 Å². The highest BCUT2D eigenvalue weighted by Crippen LogP contribution is 2.22. The highest BCUT2D eigenvalue weighted by atomic mass is 16.1. The second-order valence-electron chi connectivity index (χ2n) is 5.94. The lowest BCUT2D eigenvalue weighted by Crippen LogP contribution is -2.14. The number of aryl methyl sites for hydroxylation is 2. The highest BCUT2D eigenvalue weighted by Gasteiger charge is 2.13. The molecule has 0 bridgehead atoms. The Balaban J connectivity index is 1.74. The average Bonchev–Trinajstić information content (AvgIpc) is 2.55. The molecule has 1 amide bonds. The van der Waals surface area contributed by atoms with Gasteiger partial charge in [-0.15, -0.1) is 0 Å². The topological polar surface area (TPSA) is 45.2 Å². The molecule has 3 rings (SSSR count). The number of aromatic nitrogens is 1. The maximum atomic E-state index is 12.4. The van der Waals surface area contributed by atoms with E-state index < -0.39 is 0 Å². The number of nitrogens with one attached hydrogen (secondary N) is 1. The van der Waals surface area contributed by atoms with E-state index in [1.807, 2.05) is 43.3 Å². The van der Waals surface area contributed by atoms with Crippen LogP contribution in [0, 0.1) is 0 Å². The number of hydrogen-bond acceptors (Lipinski definition) is 3. The number of nitrogens with zero attached hydrogens (tertiary/aromatic N) is 2. The number of rotatable bonds is 3. The van der Waals surface area contributed by atoms with Crippen molar-refractivity contribution in [3.63, 3.8) is 0 Å². The van der Waals surface area contributed by atoms with E-state index >= 15 is 0 Å². The van der Waals surface area contributed by atoms with Crippen molar-refractivity contribution in [1.82, 2.24) is 4.98 Å². The van der Waals surface area contributed by atoms with Crippen molar-refractivity contribution in [1.29, 1.82) is 0 Å². The molecule has 0 atom stereocenters. The van der Waals surface area contributed by atoms with Gasteiger partial charge in [-0.05, 0) is 61.1 Å². The quantitative estimate of drug-likeness (QED) is 0.945.